The molecule has 0 unspecified atom stereocenters. The molecule has 0 spiro atoms. The van der Waals surface area contributed by atoms with Crippen LogP contribution in [0.3, 0.4) is 0 Å². The van der Waals surface area contributed by atoms with E-state index in [0.717, 1.165) is 6.07 Å². The SMILES string of the molecule is CCn1cc(NC(=O)c2cc(N)c(F)cc2F)ccc1=O. The van der Waals surface area contributed by atoms with Gasteiger partial charge in [-0.25, -0.2) is 8.78 Å². The summed E-state index contributed by atoms with van der Waals surface area (Å²) in [6.45, 7) is 2.20. The number of nitrogens with two attached hydrogens (primary N) is 1. The number of nitrogens with zero attached hydrogens (tertiary/aromatic N) is 1. The molecule has 110 valence electrons. The first-order valence-corrected chi connectivity index (χ1v) is 6.18. The number of hydrogen-bond donors (Lipinski definition) is 2. The molecule has 0 aliphatic heterocycles. The minimum Gasteiger partial charge on any atom is -0.396 e. The monoisotopic (exact) mass is 293 g/mol. The molecule has 0 aliphatic rings. The third-order valence-electron chi connectivity index (χ3n) is 2.91. The fraction of sp³-hybridized carbons (Fsp3) is 0.143. The molecule has 2 rings (SSSR count). The molecule has 3 N–H and O–H groups in total. The molecular formula is C14H13F2N3O2. The molecular weight excluding hydrogens is 280 g/mol. The molecule has 5 nitrogen and oxygen atoms in total. The molecule has 1 aromatic heterocycles. The molecule has 0 saturated heterocycles. The number of benzene rings is 1. The molecule has 0 bridgehead atoms. The highest BCUT2D eigenvalue weighted by Gasteiger charge is 2.15. The van der Waals surface area contributed by atoms with Gasteiger partial charge in [0.05, 0.1) is 16.9 Å². The van der Waals surface area contributed by atoms with Crippen LogP contribution in [0.2, 0.25) is 0 Å². The Balaban J connectivity index is 2.30. The van der Waals surface area contributed by atoms with E-state index in [0.29, 0.717) is 18.3 Å². The predicted octanol–water partition coefficient (Wildman–Crippen LogP) is 1.98. The number of rotatable bonds is 3. The topological polar surface area (TPSA) is 77.1 Å². The van der Waals surface area contributed by atoms with Gasteiger partial charge in [-0.05, 0) is 19.1 Å². The zero-order chi connectivity index (χ0) is 15.6. The van der Waals surface area contributed by atoms with E-state index in [2.05, 4.69) is 5.32 Å². The summed E-state index contributed by atoms with van der Waals surface area (Å²) in [7, 11) is 0. The maximum absolute atomic E-state index is 13.6. The van der Waals surface area contributed by atoms with E-state index in [1.165, 1.54) is 22.9 Å². The Bertz CT molecular complexity index is 756. The van der Waals surface area contributed by atoms with Crippen molar-refractivity contribution in [2.45, 2.75) is 13.5 Å². The minimum absolute atomic E-state index is 0.215. The number of hydrogen-bond acceptors (Lipinski definition) is 3. The van der Waals surface area contributed by atoms with E-state index >= 15 is 0 Å². The fourth-order valence-corrected chi connectivity index (χ4v) is 1.79. The summed E-state index contributed by atoms with van der Waals surface area (Å²) in [5.74, 6) is -2.72. The largest absolute Gasteiger partial charge is 0.396 e. The van der Waals surface area contributed by atoms with Gasteiger partial charge >= 0.3 is 0 Å². The lowest BCUT2D eigenvalue weighted by Crippen LogP contribution is -2.20. The van der Waals surface area contributed by atoms with Crippen LogP contribution in [0.1, 0.15) is 17.3 Å². The molecule has 0 saturated carbocycles. The number of aryl methyl sites for hydroxylation is 1. The Morgan fingerprint density at radius 1 is 1.29 bits per heavy atom. The summed E-state index contributed by atoms with van der Waals surface area (Å²) in [6.07, 6.45) is 1.44. The molecule has 1 amide bonds. The lowest BCUT2D eigenvalue weighted by molar-refractivity contribution is 0.102. The summed E-state index contributed by atoms with van der Waals surface area (Å²) >= 11 is 0. The highest BCUT2D eigenvalue weighted by atomic mass is 19.1. The van der Waals surface area contributed by atoms with Crippen molar-refractivity contribution < 1.29 is 13.6 Å². The smallest absolute Gasteiger partial charge is 0.258 e. The van der Waals surface area contributed by atoms with Crippen LogP contribution >= 0.6 is 0 Å². The van der Waals surface area contributed by atoms with Crippen molar-refractivity contribution in [3.63, 3.8) is 0 Å². The van der Waals surface area contributed by atoms with Crippen LogP contribution in [0.4, 0.5) is 20.2 Å². The lowest BCUT2D eigenvalue weighted by atomic mass is 10.1. The van der Waals surface area contributed by atoms with Crippen molar-refractivity contribution in [3.8, 4) is 0 Å². The summed E-state index contributed by atoms with van der Waals surface area (Å²) < 4.78 is 28.0. The Morgan fingerprint density at radius 3 is 2.67 bits per heavy atom. The molecule has 2 aromatic rings. The average Bonchev–Trinajstić information content (AvgIpc) is 2.44. The van der Waals surface area contributed by atoms with Crippen LogP contribution in [-0.4, -0.2) is 10.5 Å². The van der Waals surface area contributed by atoms with E-state index in [9.17, 15) is 18.4 Å². The zero-order valence-electron chi connectivity index (χ0n) is 11.2. The fourth-order valence-electron chi connectivity index (χ4n) is 1.79. The van der Waals surface area contributed by atoms with Crippen LogP contribution in [0.5, 0.6) is 0 Å². The number of nitrogen functional groups attached to an aromatic ring is 1. The van der Waals surface area contributed by atoms with Gasteiger partial charge in [0.25, 0.3) is 11.5 Å². The lowest BCUT2D eigenvalue weighted by Gasteiger charge is -2.09. The summed E-state index contributed by atoms with van der Waals surface area (Å²) in [5, 5.41) is 2.43. The first-order valence-electron chi connectivity index (χ1n) is 6.18. The van der Waals surface area contributed by atoms with Gasteiger partial charge in [0.15, 0.2) is 0 Å². The maximum atomic E-state index is 13.6. The standard InChI is InChI=1S/C14H13F2N3O2/c1-2-19-7-8(3-4-13(19)20)18-14(21)9-5-12(17)11(16)6-10(9)15/h3-7H,2,17H2,1H3,(H,18,21). The van der Waals surface area contributed by atoms with Gasteiger partial charge in [-0.15, -0.1) is 0 Å². The molecule has 7 heteroatoms. The molecule has 0 radical (unpaired) electrons. The Kier molecular flexibility index (Phi) is 4.02. The number of aromatic nitrogens is 1. The van der Waals surface area contributed by atoms with Crippen molar-refractivity contribution in [2.24, 2.45) is 0 Å². The number of carbonyl (C=O) groups excluding carboxylic acids is 1. The number of amides is 1. The minimum atomic E-state index is -1.01. The van der Waals surface area contributed by atoms with Crippen molar-refractivity contribution in [1.82, 2.24) is 4.57 Å². The predicted molar refractivity (Wildman–Crippen MR) is 75.1 cm³/mol. The zero-order valence-corrected chi connectivity index (χ0v) is 11.2. The number of nitrogens with one attached hydrogen (secondary N) is 1. The van der Waals surface area contributed by atoms with Gasteiger partial charge in [-0.2, -0.15) is 0 Å². The molecule has 0 atom stereocenters. The molecule has 0 aliphatic carbocycles. The van der Waals surface area contributed by atoms with Crippen LogP contribution < -0.4 is 16.6 Å². The Morgan fingerprint density at radius 2 is 2.00 bits per heavy atom. The molecule has 1 heterocycles. The summed E-state index contributed by atoms with van der Waals surface area (Å²) in [4.78, 5) is 23.4. The van der Waals surface area contributed by atoms with Gasteiger partial charge < -0.3 is 15.6 Å². The Labute approximate surface area is 119 Å². The third kappa shape index (κ3) is 3.07. The van der Waals surface area contributed by atoms with E-state index in [1.54, 1.807) is 6.92 Å². The van der Waals surface area contributed by atoms with Gasteiger partial charge in [0, 0.05) is 24.9 Å². The molecule has 0 fully saturated rings. The van der Waals surface area contributed by atoms with Crippen molar-refractivity contribution in [2.75, 3.05) is 11.1 Å². The Hall–Kier alpha value is -2.70. The van der Waals surface area contributed by atoms with Crippen LogP contribution in [-0.2, 0) is 6.54 Å². The van der Waals surface area contributed by atoms with Crippen molar-refractivity contribution in [1.29, 1.82) is 0 Å². The highest BCUT2D eigenvalue weighted by Crippen LogP contribution is 2.18. The second-order valence-corrected chi connectivity index (χ2v) is 4.35. The first-order chi connectivity index (χ1) is 9.92. The van der Waals surface area contributed by atoms with Crippen molar-refractivity contribution in [3.05, 3.63) is 58.0 Å². The van der Waals surface area contributed by atoms with Gasteiger partial charge in [0.2, 0.25) is 0 Å². The van der Waals surface area contributed by atoms with Gasteiger partial charge in [-0.3, -0.25) is 9.59 Å². The van der Waals surface area contributed by atoms with Crippen LogP contribution in [0.25, 0.3) is 0 Å². The number of anilines is 2. The third-order valence-corrected chi connectivity index (χ3v) is 2.91. The molecule has 1 aromatic carbocycles. The van der Waals surface area contributed by atoms with Crippen molar-refractivity contribution >= 4 is 17.3 Å². The normalized spacial score (nSPS) is 10.4. The van der Waals surface area contributed by atoms with E-state index < -0.39 is 17.5 Å². The number of carbonyl (C=O) groups is 1. The summed E-state index contributed by atoms with van der Waals surface area (Å²) in [5.41, 5.74) is 4.74. The second kappa shape index (κ2) is 5.74. The van der Waals surface area contributed by atoms with E-state index in [4.69, 9.17) is 5.73 Å². The molecule has 21 heavy (non-hydrogen) atoms. The maximum Gasteiger partial charge on any atom is 0.258 e. The van der Waals surface area contributed by atoms with Crippen LogP contribution in [0.15, 0.2) is 35.3 Å². The first kappa shape index (κ1) is 14.7. The average molecular weight is 293 g/mol. The highest BCUT2D eigenvalue weighted by molar-refractivity contribution is 6.04. The van der Waals surface area contributed by atoms with E-state index in [-0.39, 0.29) is 16.8 Å². The van der Waals surface area contributed by atoms with Gasteiger partial charge in [0.1, 0.15) is 11.6 Å². The quantitative estimate of drug-likeness (QED) is 0.849. The van der Waals surface area contributed by atoms with Crippen LogP contribution in [0, 0.1) is 11.6 Å². The van der Waals surface area contributed by atoms with E-state index in [1.807, 2.05) is 0 Å². The number of halogens is 2. The van der Waals surface area contributed by atoms with Gasteiger partial charge in [-0.1, -0.05) is 0 Å². The second-order valence-electron chi connectivity index (χ2n) is 4.35. The number of pyridine rings is 1. The summed E-state index contributed by atoms with van der Waals surface area (Å²) in [6, 6.07) is 4.17.